The fraction of sp³-hybridized carbons (Fsp3) is 0.211. The second-order valence-corrected chi connectivity index (χ2v) is 7.11. The Morgan fingerprint density at radius 2 is 1.72 bits per heavy atom. The number of rotatable bonds is 9. The molecular formula is C19H19N3O6S. The fourth-order valence-corrected chi connectivity index (χ4v) is 2.97. The standard InChI is InChI=1S/C19H19N3O6S/c1-12-2-5-14(22(27)28)10-16(12)21-18(24)11-29-15-6-3-13(4-7-15)20-17(23)8-9-19(25)26/h2-7,10H,8-9,11H2,1H3,(H,20,23)(H,21,24)(H,25,26). The monoisotopic (exact) mass is 417 g/mol. The second-order valence-electron chi connectivity index (χ2n) is 6.06. The highest BCUT2D eigenvalue weighted by Crippen LogP contribution is 2.24. The molecule has 152 valence electrons. The van der Waals surface area contributed by atoms with Gasteiger partial charge in [-0.1, -0.05) is 6.07 Å². The number of thioether (sulfide) groups is 1. The fourth-order valence-electron chi connectivity index (χ4n) is 2.27. The minimum Gasteiger partial charge on any atom is -0.481 e. The SMILES string of the molecule is Cc1ccc([N+](=O)[O-])cc1NC(=O)CSc1ccc(NC(=O)CCC(=O)O)cc1. The highest BCUT2D eigenvalue weighted by Gasteiger charge is 2.11. The van der Waals surface area contributed by atoms with Crippen LogP contribution in [0.1, 0.15) is 18.4 Å². The molecule has 0 aliphatic heterocycles. The molecule has 0 aromatic heterocycles. The minimum atomic E-state index is -1.04. The molecule has 0 saturated heterocycles. The van der Waals surface area contributed by atoms with Crippen LogP contribution in [0.15, 0.2) is 47.4 Å². The maximum absolute atomic E-state index is 12.2. The zero-order valence-corrected chi connectivity index (χ0v) is 16.3. The first-order valence-corrected chi connectivity index (χ1v) is 9.52. The molecule has 0 bridgehead atoms. The van der Waals surface area contributed by atoms with E-state index in [-0.39, 0.29) is 36.1 Å². The summed E-state index contributed by atoms with van der Waals surface area (Å²) in [5.41, 5.74) is 1.54. The Morgan fingerprint density at radius 1 is 1.03 bits per heavy atom. The Labute approximate surface area is 170 Å². The Balaban J connectivity index is 1.86. The van der Waals surface area contributed by atoms with Crippen molar-refractivity contribution in [3.8, 4) is 0 Å². The topological polar surface area (TPSA) is 139 Å². The van der Waals surface area contributed by atoms with Crippen molar-refractivity contribution in [3.05, 3.63) is 58.1 Å². The largest absolute Gasteiger partial charge is 0.481 e. The van der Waals surface area contributed by atoms with E-state index in [0.717, 1.165) is 10.5 Å². The maximum Gasteiger partial charge on any atom is 0.303 e. The summed E-state index contributed by atoms with van der Waals surface area (Å²) >= 11 is 1.27. The molecule has 10 heteroatoms. The van der Waals surface area contributed by atoms with Crippen LogP contribution in [0.25, 0.3) is 0 Å². The van der Waals surface area contributed by atoms with Gasteiger partial charge in [-0.25, -0.2) is 0 Å². The van der Waals surface area contributed by atoms with Crippen LogP contribution < -0.4 is 10.6 Å². The van der Waals surface area contributed by atoms with Crippen LogP contribution in [0.3, 0.4) is 0 Å². The average Bonchev–Trinajstić information content (AvgIpc) is 2.67. The molecule has 29 heavy (non-hydrogen) atoms. The van der Waals surface area contributed by atoms with E-state index in [0.29, 0.717) is 11.4 Å². The van der Waals surface area contributed by atoms with Gasteiger partial charge in [0.15, 0.2) is 0 Å². The number of carboxylic acids is 1. The summed E-state index contributed by atoms with van der Waals surface area (Å²) in [5, 5.41) is 24.7. The molecular weight excluding hydrogens is 398 g/mol. The molecule has 2 aromatic carbocycles. The van der Waals surface area contributed by atoms with E-state index in [9.17, 15) is 24.5 Å². The van der Waals surface area contributed by atoms with E-state index in [1.54, 1.807) is 37.3 Å². The summed E-state index contributed by atoms with van der Waals surface area (Å²) < 4.78 is 0. The van der Waals surface area contributed by atoms with Gasteiger partial charge in [0.1, 0.15) is 0 Å². The molecule has 2 aromatic rings. The average molecular weight is 417 g/mol. The van der Waals surface area contributed by atoms with Crippen molar-refractivity contribution in [2.24, 2.45) is 0 Å². The lowest BCUT2D eigenvalue weighted by Crippen LogP contribution is -2.15. The molecule has 0 saturated carbocycles. The molecule has 0 heterocycles. The zero-order valence-electron chi connectivity index (χ0n) is 15.5. The second kappa shape index (κ2) is 10.2. The van der Waals surface area contributed by atoms with Gasteiger partial charge in [0.05, 0.1) is 22.8 Å². The summed E-state index contributed by atoms with van der Waals surface area (Å²) in [5.74, 6) is -1.62. The number of aliphatic carboxylic acids is 1. The molecule has 9 nitrogen and oxygen atoms in total. The molecule has 0 unspecified atom stereocenters. The predicted octanol–water partition coefficient (Wildman–Crippen LogP) is 3.44. The number of nitro benzene ring substituents is 1. The van der Waals surface area contributed by atoms with Gasteiger partial charge in [0.2, 0.25) is 11.8 Å². The molecule has 2 amide bonds. The van der Waals surface area contributed by atoms with Gasteiger partial charge in [-0.05, 0) is 36.8 Å². The molecule has 0 fully saturated rings. The maximum atomic E-state index is 12.2. The predicted molar refractivity (Wildman–Crippen MR) is 109 cm³/mol. The van der Waals surface area contributed by atoms with Crippen LogP contribution in [-0.4, -0.2) is 33.6 Å². The van der Waals surface area contributed by atoms with Crippen LogP contribution in [0.5, 0.6) is 0 Å². The first-order chi connectivity index (χ1) is 13.7. The first-order valence-electron chi connectivity index (χ1n) is 8.54. The van der Waals surface area contributed by atoms with Gasteiger partial charge >= 0.3 is 5.97 Å². The van der Waals surface area contributed by atoms with Crippen LogP contribution in [-0.2, 0) is 14.4 Å². The molecule has 0 spiro atoms. The smallest absolute Gasteiger partial charge is 0.303 e. The number of amides is 2. The summed E-state index contributed by atoms with van der Waals surface area (Å²) in [6, 6.07) is 11.0. The van der Waals surface area contributed by atoms with Gasteiger partial charge < -0.3 is 15.7 Å². The quantitative estimate of drug-likeness (QED) is 0.323. The molecule has 2 rings (SSSR count). The number of carbonyl (C=O) groups is 3. The summed E-state index contributed by atoms with van der Waals surface area (Å²) in [6.45, 7) is 1.75. The highest BCUT2D eigenvalue weighted by molar-refractivity contribution is 8.00. The van der Waals surface area contributed by atoms with E-state index in [2.05, 4.69) is 10.6 Å². The molecule has 0 radical (unpaired) electrons. The van der Waals surface area contributed by atoms with Crippen molar-refractivity contribution in [2.45, 2.75) is 24.7 Å². The number of carboxylic acid groups (broad SMARTS) is 1. The molecule has 0 aliphatic carbocycles. The van der Waals surface area contributed by atoms with Gasteiger partial charge in [-0.2, -0.15) is 0 Å². The lowest BCUT2D eigenvalue weighted by atomic mass is 10.2. The van der Waals surface area contributed by atoms with Gasteiger partial charge in [0.25, 0.3) is 5.69 Å². The first kappa shape index (κ1) is 21.9. The van der Waals surface area contributed by atoms with E-state index in [1.165, 1.54) is 23.9 Å². The van der Waals surface area contributed by atoms with E-state index in [1.807, 2.05) is 0 Å². The van der Waals surface area contributed by atoms with Crippen molar-refractivity contribution in [3.63, 3.8) is 0 Å². The van der Waals surface area contributed by atoms with Crippen molar-refractivity contribution in [1.29, 1.82) is 0 Å². The number of nitro groups is 1. The number of aryl methyl sites for hydroxylation is 1. The van der Waals surface area contributed by atoms with Gasteiger partial charge in [-0.15, -0.1) is 11.8 Å². The third-order valence-corrected chi connectivity index (χ3v) is 4.79. The van der Waals surface area contributed by atoms with E-state index < -0.39 is 10.9 Å². The third-order valence-electron chi connectivity index (χ3n) is 3.78. The number of nitrogens with zero attached hydrogens (tertiary/aromatic N) is 1. The van der Waals surface area contributed by atoms with Gasteiger partial charge in [0, 0.05) is 29.1 Å². The van der Waals surface area contributed by atoms with Gasteiger partial charge in [-0.3, -0.25) is 24.5 Å². The van der Waals surface area contributed by atoms with Crippen LogP contribution in [0, 0.1) is 17.0 Å². The number of hydrogen-bond donors (Lipinski definition) is 3. The number of benzene rings is 2. The third kappa shape index (κ3) is 7.26. The van der Waals surface area contributed by atoms with E-state index in [4.69, 9.17) is 5.11 Å². The molecule has 0 aliphatic rings. The Hall–Kier alpha value is -3.40. The van der Waals surface area contributed by atoms with Crippen molar-refractivity contribution >= 4 is 46.6 Å². The summed E-state index contributed by atoms with van der Waals surface area (Å²) in [4.78, 5) is 45.4. The van der Waals surface area contributed by atoms with Crippen LogP contribution >= 0.6 is 11.8 Å². The minimum absolute atomic E-state index is 0.0976. The number of non-ortho nitro benzene ring substituents is 1. The number of hydrogen-bond acceptors (Lipinski definition) is 6. The Kier molecular flexibility index (Phi) is 7.72. The van der Waals surface area contributed by atoms with Crippen LogP contribution in [0.2, 0.25) is 0 Å². The van der Waals surface area contributed by atoms with Crippen LogP contribution in [0.4, 0.5) is 17.1 Å². The van der Waals surface area contributed by atoms with E-state index >= 15 is 0 Å². The highest BCUT2D eigenvalue weighted by atomic mass is 32.2. The Morgan fingerprint density at radius 3 is 2.34 bits per heavy atom. The van der Waals surface area contributed by atoms with Crippen molar-refractivity contribution < 1.29 is 24.4 Å². The van der Waals surface area contributed by atoms with Crippen molar-refractivity contribution in [1.82, 2.24) is 0 Å². The normalized spacial score (nSPS) is 10.2. The lowest BCUT2D eigenvalue weighted by molar-refractivity contribution is -0.384. The molecule has 0 atom stereocenters. The van der Waals surface area contributed by atoms with Crippen molar-refractivity contribution in [2.75, 3.05) is 16.4 Å². The zero-order chi connectivity index (χ0) is 21.4. The number of carbonyl (C=O) groups excluding carboxylic acids is 2. The Bertz CT molecular complexity index is 930. The summed E-state index contributed by atoms with van der Waals surface area (Å²) in [6.07, 6.45) is -0.345. The lowest BCUT2D eigenvalue weighted by Gasteiger charge is -2.09. The summed E-state index contributed by atoms with van der Waals surface area (Å²) in [7, 11) is 0. The number of nitrogens with one attached hydrogen (secondary N) is 2. The number of anilines is 2. The molecule has 3 N–H and O–H groups in total.